The van der Waals surface area contributed by atoms with Crippen molar-refractivity contribution in [2.75, 3.05) is 6.54 Å². The van der Waals surface area contributed by atoms with Gasteiger partial charge in [-0.25, -0.2) is 8.42 Å². The molecule has 1 aromatic rings. The van der Waals surface area contributed by atoms with Crippen molar-refractivity contribution in [3.05, 3.63) is 30.3 Å². The van der Waals surface area contributed by atoms with Crippen LogP contribution in [0.4, 0.5) is 0 Å². The highest BCUT2D eigenvalue weighted by Gasteiger charge is 2.39. The van der Waals surface area contributed by atoms with Gasteiger partial charge in [0.1, 0.15) is 6.04 Å². The zero-order valence-corrected chi connectivity index (χ0v) is 13.7. The van der Waals surface area contributed by atoms with Crippen LogP contribution in [0.1, 0.15) is 26.2 Å². The van der Waals surface area contributed by atoms with Gasteiger partial charge >= 0.3 is 5.97 Å². The molecule has 7 nitrogen and oxygen atoms in total. The van der Waals surface area contributed by atoms with Crippen LogP contribution in [0, 0.1) is 0 Å². The summed E-state index contributed by atoms with van der Waals surface area (Å²) in [5.41, 5.74) is 5.08. The summed E-state index contributed by atoms with van der Waals surface area (Å²) in [5, 5.41) is 0. The van der Waals surface area contributed by atoms with E-state index in [1.54, 1.807) is 18.2 Å². The molecule has 0 aromatic heterocycles. The molecular formula is C15H20N2O5S. The summed E-state index contributed by atoms with van der Waals surface area (Å²) in [4.78, 5) is 23.4. The maximum absolute atomic E-state index is 12.7. The van der Waals surface area contributed by atoms with Gasteiger partial charge in [-0.3, -0.25) is 9.59 Å². The second-order valence-electron chi connectivity index (χ2n) is 5.42. The van der Waals surface area contributed by atoms with Gasteiger partial charge in [0.15, 0.2) is 6.10 Å². The first-order valence-electron chi connectivity index (χ1n) is 7.40. The first-order chi connectivity index (χ1) is 10.8. The van der Waals surface area contributed by atoms with E-state index in [2.05, 4.69) is 0 Å². The van der Waals surface area contributed by atoms with Gasteiger partial charge in [0.05, 0.1) is 4.90 Å². The van der Waals surface area contributed by atoms with Gasteiger partial charge in [0, 0.05) is 6.54 Å². The number of piperidine rings is 1. The summed E-state index contributed by atoms with van der Waals surface area (Å²) in [5.74, 6) is -1.51. The van der Waals surface area contributed by atoms with Gasteiger partial charge in [0.25, 0.3) is 5.91 Å². The van der Waals surface area contributed by atoms with Crippen molar-refractivity contribution in [1.29, 1.82) is 0 Å². The lowest BCUT2D eigenvalue weighted by atomic mass is 10.1. The Balaban J connectivity index is 2.25. The van der Waals surface area contributed by atoms with Crippen molar-refractivity contribution < 1.29 is 22.7 Å². The number of hydrogen-bond donors (Lipinski definition) is 1. The smallest absolute Gasteiger partial charge is 0.325 e. The van der Waals surface area contributed by atoms with E-state index in [0.29, 0.717) is 19.3 Å². The summed E-state index contributed by atoms with van der Waals surface area (Å²) in [6.45, 7) is 1.60. The van der Waals surface area contributed by atoms with Crippen LogP contribution in [0.2, 0.25) is 0 Å². The monoisotopic (exact) mass is 340 g/mol. The third kappa shape index (κ3) is 3.89. The normalized spacial score (nSPS) is 20.7. The van der Waals surface area contributed by atoms with Gasteiger partial charge in [0.2, 0.25) is 10.0 Å². The highest BCUT2D eigenvalue weighted by molar-refractivity contribution is 7.89. The highest BCUT2D eigenvalue weighted by Crippen LogP contribution is 2.26. The van der Waals surface area contributed by atoms with Crippen LogP contribution in [-0.2, 0) is 24.3 Å². The molecule has 0 radical (unpaired) electrons. The molecule has 1 aliphatic heterocycles. The maximum atomic E-state index is 12.7. The first kappa shape index (κ1) is 17.4. The minimum Gasteiger partial charge on any atom is -0.451 e. The molecule has 1 amide bonds. The molecule has 0 unspecified atom stereocenters. The Morgan fingerprint density at radius 1 is 1.26 bits per heavy atom. The lowest BCUT2D eigenvalue weighted by Crippen LogP contribution is -2.49. The van der Waals surface area contributed by atoms with Crippen LogP contribution in [0.3, 0.4) is 0 Å². The minimum absolute atomic E-state index is 0.127. The summed E-state index contributed by atoms with van der Waals surface area (Å²) in [6, 6.07) is 7.00. The molecule has 2 atom stereocenters. The molecule has 0 saturated carbocycles. The fourth-order valence-corrected chi connectivity index (χ4v) is 4.13. The lowest BCUT2D eigenvalue weighted by Gasteiger charge is -2.33. The summed E-state index contributed by atoms with van der Waals surface area (Å²) < 4.78 is 31.6. The first-order valence-corrected chi connectivity index (χ1v) is 8.84. The average molecular weight is 340 g/mol. The van der Waals surface area contributed by atoms with Gasteiger partial charge in [-0.05, 0) is 38.3 Å². The number of rotatable bonds is 5. The topological polar surface area (TPSA) is 107 Å². The highest BCUT2D eigenvalue weighted by atomic mass is 32.2. The van der Waals surface area contributed by atoms with Crippen LogP contribution in [-0.4, -0.2) is 43.3 Å². The van der Waals surface area contributed by atoms with Crippen molar-refractivity contribution in [2.45, 2.75) is 43.2 Å². The molecule has 8 heteroatoms. The van der Waals surface area contributed by atoms with Crippen molar-refractivity contribution in [3.8, 4) is 0 Å². The molecule has 0 spiro atoms. The van der Waals surface area contributed by atoms with Gasteiger partial charge in [-0.2, -0.15) is 4.31 Å². The van der Waals surface area contributed by atoms with Gasteiger partial charge < -0.3 is 10.5 Å². The molecule has 0 bridgehead atoms. The predicted molar refractivity (Wildman–Crippen MR) is 82.7 cm³/mol. The number of hydrogen-bond acceptors (Lipinski definition) is 5. The average Bonchev–Trinajstić information content (AvgIpc) is 2.55. The van der Waals surface area contributed by atoms with E-state index in [0.717, 1.165) is 4.31 Å². The third-order valence-electron chi connectivity index (χ3n) is 3.77. The Labute approximate surface area is 135 Å². The number of amides is 1. The Morgan fingerprint density at radius 3 is 2.52 bits per heavy atom. The number of primary amides is 1. The Kier molecular flexibility index (Phi) is 5.38. The van der Waals surface area contributed by atoms with E-state index in [1.807, 2.05) is 0 Å². The summed E-state index contributed by atoms with van der Waals surface area (Å²) >= 11 is 0. The molecule has 23 heavy (non-hydrogen) atoms. The van der Waals surface area contributed by atoms with Gasteiger partial charge in [-0.1, -0.05) is 18.2 Å². The van der Waals surface area contributed by atoms with E-state index in [1.165, 1.54) is 19.1 Å². The maximum Gasteiger partial charge on any atom is 0.325 e. The molecule has 2 N–H and O–H groups in total. The minimum atomic E-state index is -3.80. The summed E-state index contributed by atoms with van der Waals surface area (Å²) in [7, 11) is -3.80. The molecule has 126 valence electrons. The van der Waals surface area contributed by atoms with E-state index in [9.17, 15) is 18.0 Å². The van der Waals surface area contributed by atoms with E-state index in [-0.39, 0.29) is 11.4 Å². The van der Waals surface area contributed by atoms with E-state index < -0.39 is 34.0 Å². The molecule has 2 rings (SSSR count). The number of esters is 1. The Morgan fingerprint density at radius 2 is 1.91 bits per heavy atom. The fraction of sp³-hybridized carbons (Fsp3) is 0.467. The molecule has 1 fully saturated rings. The van der Waals surface area contributed by atoms with Crippen LogP contribution < -0.4 is 5.73 Å². The Bertz CT molecular complexity index is 674. The third-order valence-corrected chi connectivity index (χ3v) is 5.69. The number of benzene rings is 1. The number of nitrogens with two attached hydrogens (primary N) is 1. The lowest BCUT2D eigenvalue weighted by molar-refractivity contribution is -0.158. The van der Waals surface area contributed by atoms with Crippen LogP contribution in [0.25, 0.3) is 0 Å². The molecule has 1 aromatic carbocycles. The molecule has 1 saturated heterocycles. The Hall–Kier alpha value is -1.93. The van der Waals surface area contributed by atoms with E-state index >= 15 is 0 Å². The molecule has 0 aliphatic carbocycles. The fourth-order valence-electron chi connectivity index (χ4n) is 2.47. The SMILES string of the molecule is C[C@H](OC(=O)[C@@H]1CCCCN1S(=O)(=O)c1ccccc1)C(N)=O. The molecular weight excluding hydrogens is 320 g/mol. The van der Waals surface area contributed by atoms with Gasteiger partial charge in [-0.15, -0.1) is 0 Å². The van der Waals surface area contributed by atoms with Crippen molar-refractivity contribution in [1.82, 2.24) is 4.31 Å². The van der Waals surface area contributed by atoms with Crippen molar-refractivity contribution in [3.63, 3.8) is 0 Å². The largest absolute Gasteiger partial charge is 0.451 e. The second-order valence-corrected chi connectivity index (χ2v) is 7.31. The number of ether oxygens (including phenoxy) is 1. The van der Waals surface area contributed by atoms with Crippen LogP contribution >= 0.6 is 0 Å². The number of sulfonamides is 1. The second kappa shape index (κ2) is 7.10. The number of nitrogens with zero attached hydrogens (tertiary/aromatic N) is 1. The van der Waals surface area contributed by atoms with Crippen molar-refractivity contribution in [2.24, 2.45) is 5.73 Å². The standard InChI is InChI=1S/C15H20N2O5S/c1-11(14(16)18)22-15(19)13-9-5-6-10-17(13)23(20,21)12-7-3-2-4-8-12/h2-4,7-8,11,13H,5-6,9-10H2,1H3,(H2,16,18)/t11-,13-/m0/s1. The number of carbonyl (C=O) groups is 2. The zero-order chi connectivity index (χ0) is 17.0. The molecule has 1 aliphatic rings. The number of carbonyl (C=O) groups excluding carboxylic acids is 2. The predicted octanol–water partition coefficient (Wildman–Crippen LogP) is 0.647. The zero-order valence-electron chi connectivity index (χ0n) is 12.8. The summed E-state index contributed by atoms with van der Waals surface area (Å²) in [6.07, 6.45) is 0.647. The molecule has 1 heterocycles. The quantitative estimate of drug-likeness (QED) is 0.792. The van der Waals surface area contributed by atoms with Crippen molar-refractivity contribution >= 4 is 21.9 Å². The van der Waals surface area contributed by atoms with Crippen LogP contribution in [0.15, 0.2) is 35.2 Å². The van der Waals surface area contributed by atoms with Crippen LogP contribution in [0.5, 0.6) is 0 Å². The van der Waals surface area contributed by atoms with E-state index in [4.69, 9.17) is 10.5 Å².